The SMILES string of the molecule is CC(C)NS(=O)(=O)N(C)Cc1ccc(C(=O)O)cc1. The summed E-state index contributed by atoms with van der Waals surface area (Å²) in [4.78, 5) is 10.7. The molecular weight excluding hydrogens is 268 g/mol. The quantitative estimate of drug-likeness (QED) is 0.818. The summed E-state index contributed by atoms with van der Waals surface area (Å²) in [6.45, 7) is 3.67. The molecule has 19 heavy (non-hydrogen) atoms. The zero-order valence-corrected chi connectivity index (χ0v) is 11.9. The third-order valence-electron chi connectivity index (χ3n) is 2.40. The van der Waals surface area contributed by atoms with E-state index in [1.54, 1.807) is 26.0 Å². The summed E-state index contributed by atoms with van der Waals surface area (Å²) in [7, 11) is -2.05. The minimum absolute atomic E-state index is 0.176. The highest BCUT2D eigenvalue weighted by atomic mass is 32.2. The molecule has 0 spiro atoms. The van der Waals surface area contributed by atoms with Gasteiger partial charge in [0.1, 0.15) is 0 Å². The number of carbonyl (C=O) groups is 1. The standard InChI is InChI=1S/C12H18N2O4S/c1-9(2)13-19(17,18)14(3)8-10-4-6-11(7-5-10)12(15)16/h4-7,9,13H,8H2,1-3H3,(H,15,16). The molecule has 0 unspecified atom stereocenters. The Kier molecular flexibility index (Phi) is 5.04. The maximum Gasteiger partial charge on any atom is 0.335 e. The third-order valence-corrected chi connectivity index (χ3v) is 4.12. The summed E-state index contributed by atoms with van der Waals surface area (Å²) in [6, 6.07) is 5.93. The smallest absolute Gasteiger partial charge is 0.335 e. The van der Waals surface area contributed by atoms with E-state index in [-0.39, 0.29) is 18.2 Å². The van der Waals surface area contributed by atoms with Crippen LogP contribution in [-0.2, 0) is 16.8 Å². The molecule has 0 aliphatic carbocycles. The summed E-state index contributed by atoms with van der Waals surface area (Å²) in [5.74, 6) is -1.01. The number of nitrogens with one attached hydrogen (secondary N) is 1. The first-order valence-electron chi connectivity index (χ1n) is 5.78. The fourth-order valence-corrected chi connectivity index (χ4v) is 2.58. The number of benzene rings is 1. The molecule has 1 aromatic rings. The Labute approximate surface area is 113 Å². The molecule has 0 fully saturated rings. The number of rotatable bonds is 6. The van der Waals surface area contributed by atoms with Gasteiger partial charge in [0.25, 0.3) is 10.2 Å². The number of hydrogen-bond donors (Lipinski definition) is 2. The minimum Gasteiger partial charge on any atom is -0.478 e. The second-order valence-corrected chi connectivity index (χ2v) is 6.34. The lowest BCUT2D eigenvalue weighted by Gasteiger charge is -2.19. The molecule has 0 radical (unpaired) electrons. The fourth-order valence-electron chi connectivity index (χ4n) is 1.48. The van der Waals surface area contributed by atoms with E-state index in [4.69, 9.17) is 5.11 Å². The van der Waals surface area contributed by atoms with E-state index < -0.39 is 16.2 Å². The maximum absolute atomic E-state index is 11.8. The van der Waals surface area contributed by atoms with Crippen LogP contribution in [0.25, 0.3) is 0 Å². The Morgan fingerprint density at radius 2 is 1.84 bits per heavy atom. The van der Waals surface area contributed by atoms with Gasteiger partial charge in [-0.1, -0.05) is 12.1 Å². The lowest BCUT2D eigenvalue weighted by Crippen LogP contribution is -2.41. The molecule has 0 amide bonds. The summed E-state index contributed by atoms with van der Waals surface area (Å²) in [6.07, 6.45) is 0. The number of hydrogen-bond acceptors (Lipinski definition) is 3. The molecule has 1 rings (SSSR count). The van der Waals surface area contributed by atoms with Crippen LogP contribution >= 0.6 is 0 Å². The zero-order chi connectivity index (χ0) is 14.6. The topological polar surface area (TPSA) is 86.7 Å². The van der Waals surface area contributed by atoms with Gasteiger partial charge in [-0.2, -0.15) is 17.4 Å². The van der Waals surface area contributed by atoms with Crippen LogP contribution in [0.4, 0.5) is 0 Å². The first-order chi connectivity index (χ1) is 8.72. The monoisotopic (exact) mass is 286 g/mol. The van der Waals surface area contributed by atoms with E-state index in [0.29, 0.717) is 0 Å². The normalized spacial score (nSPS) is 12.1. The minimum atomic E-state index is -3.52. The van der Waals surface area contributed by atoms with E-state index >= 15 is 0 Å². The molecule has 0 bridgehead atoms. The summed E-state index contributed by atoms with van der Waals surface area (Å²) < 4.78 is 27.3. The molecule has 2 N–H and O–H groups in total. The Bertz CT molecular complexity index is 537. The Morgan fingerprint density at radius 1 is 1.32 bits per heavy atom. The molecule has 0 aliphatic heterocycles. The molecule has 0 aliphatic rings. The van der Waals surface area contributed by atoms with Crippen LogP contribution in [0.3, 0.4) is 0 Å². The molecule has 0 saturated carbocycles. The molecular formula is C12H18N2O4S. The second kappa shape index (κ2) is 6.14. The van der Waals surface area contributed by atoms with Crippen molar-refractivity contribution < 1.29 is 18.3 Å². The molecule has 0 atom stereocenters. The van der Waals surface area contributed by atoms with Crippen LogP contribution in [0, 0.1) is 0 Å². The van der Waals surface area contributed by atoms with Crippen LogP contribution in [0.5, 0.6) is 0 Å². The highest BCUT2D eigenvalue weighted by Crippen LogP contribution is 2.09. The van der Waals surface area contributed by atoms with Gasteiger partial charge in [0.05, 0.1) is 5.56 Å². The van der Waals surface area contributed by atoms with Crippen LogP contribution < -0.4 is 4.72 Å². The third kappa shape index (κ3) is 4.62. The van der Waals surface area contributed by atoms with Gasteiger partial charge in [0.15, 0.2) is 0 Å². The Morgan fingerprint density at radius 3 is 2.26 bits per heavy atom. The first-order valence-corrected chi connectivity index (χ1v) is 7.22. The fraction of sp³-hybridized carbons (Fsp3) is 0.417. The number of carboxylic acid groups (broad SMARTS) is 1. The van der Waals surface area contributed by atoms with E-state index in [1.165, 1.54) is 23.5 Å². The van der Waals surface area contributed by atoms with Gasteiger partial charge in [-0.15, -0.1) is 0 Å². The van der Waals surface area contributed by atoms with Crippen LogP contribution in [0.2, 0.25) is 0 Å². The zero-order valence-electron chi connectivity index (χ0n) is 11.1. The predicted molar refractivity (Wildman–Crippen MR) is 72.1 cm³/mol. The summed E-state index contributed by atoms with van der Waals surface area (Å²) in [5, 5.41) is 8.77. The van der Waals surface area contributed by atoms with E-state index in [0.717, 1.165) is 5.56 Å². The number of nitrogens with zero attached hydrogens (tertiary/aromatic N) is 1. The van der Waals surface area contributed by atoms with Gasteiger partial charge in [-0.3, -0.25) is 0 Å². The van der Waals surface area contributed by atoms with Crippen LogP contribution in [-0.4, -0.2) is 36.9 Å². The van der Waals surface area contributed by atoms with Gasteiger partial charge >= 0.3 is 5.97 Å². The lowest BCUT2D eigenvalue weighted by atomic mass is 10.1. The molecule has 0 heterocycles. The molecule has 0 saturated heterocycles. The van der Waals surface area contributed by atoms with Gasteiger partial charge in [0.2, 0.25) is 0 Å². The number of aromatic carboxylic acids is 1. The molecule has 1 aromatic carbocycles. The van der Waals surface area contributed by atoms with Crippen molar-refractivity contribution in [1.82, 2.24) is 9.03 Å². The summed E-state index contributed by atoms with van der Waals surface area (Å²) >= 11 is 0. The van der Waals surface area contributed by atoms with Crippen molar-refractivity contribution in [3.63, 3.8) is 0 Å². The van der Waals surface area contributed by atoms with Crippen molar-refractivity contribution in [2.75, 3.05) is 7.05 Å². The second-order valence-electron chi connectivity index (χ2n) is 4.54. The molecule has 7 heteroatoms. The van der Waals surface area contributed by atoms with Crippen molar-refractivity contribution in [2.45, 2.75) is 26.4 Å². The Balaban J connectivity index is 2.77. The molecule has 106 valence electrons. The highest BCUT2D eigenvalue weighted by Gasteiger charge is 2.18. The van der Waals surface area contributed by atoms with Crippen molar-refractivity contribution in [3.8, 4) is 0 Å². The van der Waals surface area contributed by atoms with E-state index in [9.17, 15) is 13.2 Å². The largest absolute Gasteiger partial charge is 0.478 e. The van der Waals surface area contributed by atoms with Crippen molar-refractivity contribution in [2.24, 2.45) is 0 Å². The van der Waals surface area contributed by atoms with Crippen molar-refractivity contribution >= 4 is 16.2 Å². The predicted octanol–water partition coefficient (Wildman–Crippen LogP) is 1.06. The van der Waals surface area contributed by atoms with Gasteiger partial charge < -0.3 is 5.11 Å². The van der Waals surface area contributed by atoms with Crippen LogP contribution in [0.15, 0.2) is 24.3 Å². The van der Waals surface area contributed by atoms with Gasteiger partial charge in [-0.05, 0) is 31.5 Å². The lowest BCUT2D eigenvalue weighted by molar-refractivity contribution is 0.0697. The van der Waals surface area contributed by atoms with Gasteiger partial charge in [-0.25, -0.2) is 4.79 Å². The summed E-state index contributed by atoms with van der Waals surface area (Å²) in [5.41, 5.74) is 0.899. The molecule has 6 nitrogen and oxygen atoms in total. The average molecular weight is 286 g/mol. The maximum atomic E-state index is 11.8. The van der Waals surface area contributed by atoms with Crippen LogP contribution in [0.1, 0.15) is 29.8 Å². The van der Waals surface area contributed by atoms with Crippen molar-refractivity contribution in [1.29, 1.82) is 0 Å². The molecule has 0 aromatic heterocycles. The first kappa shape index (κ1) is 15.6. The van der Waals surface area contributed by atoms with E-state index in [2.05, 4.69) is 4.72 Å². The van der Waals surface area contributed by atoms with Crippen molar-refractivity contribution in [3.05, 3.63) is 35.4 Å². The van der Waals surface area contributed by atoms with E-state index in [1.807, 2.05) is 0 Å². The van der Waals surface area contributed by atoms with Gasteiger partial charge in [0, 0.05) is 19.6 Å². The highest BCUT2D eigenvalue weighted by molar-refractivity contribution is 7.87. The Hall–Kier alpha value is -1.44. The number of carboxylic acids is 1. The average Bonchev–Trinajstić information content (AvgIpc) is 2.27.